The first-order valence-corrected chi connectivity index (χ1v) is 6.60. The van der Waals surface area contributed by atoms with Crippen LogP contribution in [0.3, 0.4) is 0 Å². The fourth-order valence-electron chi connectivity index (χ4n) is 1.64. The van der Waals surface area contributed by atoms with Gasteiger partial charge in [-0.15, -0.1) is 0 Å². The summed E-state index contributed by atoms with van der Waals surface area (Å²) in [6.45, 7) is 6.54. The van der Waals surface area contributed by atoms with Gasteiger partial charge in [0.15, 0.2) is 0 Å². The first-order valence-electron chi connectivity index (χ1n) is 5.82. The molecule has 0 aromatic heterocycles. The number of rotatable bonds is 5. The maximum Gasteiger partial charge on any atom is 0.107 e. The van der Waals surface area contributed by atoms with Crippen LogP contribution >= 0.6 is 23.8 Å². The average molecular weight is 271 g/mol. The van der Waals surface area contributed by atoms with Crippen molar-refractivity contribution in [2.24, 2.45) is 11.7 Å². The predicted octanol–water partition coefficient (Wildman–Crippen LogP) is 3.82. The first kappa shape index (κ1) is 14.3. The number of hydrogen-bond donors (Lipinski definition) is 2. The van der Waals surface area contributed by atoms with E-state index in [-0.39, 0.29) is 0 Å². The molecule has 1 aromatic rings. The van der Waals surface area contributed by atoms with Gasteiger partial charge in [-0.2, -0.15) is 0 Å². The third-order valence-corrected chi connectivity index (χ3v) is 3.66. The fourth-order valence-corrected chi connectivity index (χ4v) is 2.19. The smallest absolute Gasteiger partial charge is 0.107 e. The average Bonchev–Trinajstić information content (AvgIpc) is 2.27. The molecule has 0 aliphatic heterocycles. The van der Waals surface area contributed by atoms with Crippen LogP contribution in [-0.2, 0) is 0 Å². The largest absolute Gasteiger partial charge is 0.389 e. The van der Waals surface area contributed by atoms with Gasteiger partial charge in [0.2, 0.25) is 0 Å². The van der Waals surface area contributed by atoms with Crippen LogP contribution in [0.4, 0.5) is 5.69 Å². The van der Waals surface area contributed by atoms with Gasteiger partial charge in [-0.1, -0.05) is 50.2 Å². The number of nitrogens with one attached hydrogen (secondary N) is 1. The molecule has 0 saturated heterocycles. The standard InChI is InChI=1S/C13H19ClN2S/c1-4-8(2)9(3)16-11-7-5-6-10(14)12(11)13(15)17/h5-9,16H,4H2,1-3H3,(H2,15,17). The van der Waals surface area contributed by atoms with E-state index in [0.717, 1.165) is 17.7 Å². The van der Waals surface area contributed by atoms with Gasteiger partial charge < -0.3 is 11.1 Å². The Morgan fingerprint density at radius 2 is 2.12 bits per heavy atom. The highest BCUT2D eigenvalue weighted by Gasteiger charge is 2.14. The zero-order valence-electron chi connectivity index (χ0n) is 10.5. The van der Waals surface area contributed by atoms with Crippen LogP contribution in [-0.4, -0.2) is 11.0 Å². The highest BCUT2D eigenvalue weighted by Crippen LogP contribution is 2.26. The monoisotopic (exact) mass is 270 g/mol. The maximum atomic E-state index is 6.11. The summed E-state index contributed by atoms with van der Waals surface area (Å²) in [6, 6.07) is 6.01. The normalized spacial score (nSPS) is 14.1. The van der Waals surface area contributed by atoms with E-state index in [2.05, 4.69) is 26.1 Å². The second kappa shape index (κ2) is 6.22. The summed E-state index contributed by atoms with van der Waals surface area (Å²) < 4.78 is 0. The Labute approximate surface area is 114 Å². The molecule has 4 heteroatoms. The second-order valence-corrected chi connectivity index (χ2v) is 5.19. The molecule has 0 amide bonds. The van der Waals surface area contributed by atoms with Crippen LogP contribution in [0.1, 0.15) is 32.8 Å². The van der Waals surface area contributed by atoms with E-state index in [1.807, 2.05) is 12.1 Å². The molecule has 0 heterocycles. The summed E-state index contributed by atoms with van der Waals surface area (Å²) in [7, 11) is 0. The Kier molecular flexibility index (Phi) is 5.22. The number of thiocarbonyl (C=S) groups is 1. The lowest BCUT2D eigenvalue weighted by molar-refractivity contribution is 0.494. The van der Waals surface area contributed by atoms with Crippen molar-refractivity contribution >= 4 is 34.5 Å². The van der Waals surface area contributed by atoms with E-state index in [1.54, 1.807) is 6.07 Å². The Balaban J connectivity index is 2.98. The molecule has 0 spiro atoms. The Hall–Kier alpha value is -0.800. The van der Waals surface area contributed by atoms with Gasteiger partial charge in [0.1, 0.15) is 4.99 Å². The number of benzene rings is 1. The Bertz CT molecular complexity index is 406. The van der Waals surface area contributed by atoms with E-state index in [0.29, 0.717) is 22.0 Å². The molecular weight excluding hydrogens is 252 g/mol. The Morgan fingerprint density at radius 1 is 1.47 bits per heavy atom. The molecule has 1 aromatic carbocycles. The molecule has 0 saturated carbocycles. The second-order valence-electron chi connectivity index (χ2n) is 4.35. The van der Waals surface area contributed by atoms with E-state index in [4.69, 9.17) is 29.6 Å². The van der Waals surface area contributed by atoms with Gasteiger partial charge in [0, 0.05) is 11.7 Å². The summed E-state index contributed by atoms with van der Waals surface area (Å²) in [5.41, 5.74) is 7.36. The molecule has 2 nitrogen and oxygen atoms in total. The van der Waals surface area contributed by atoms with Crippen molar-refractivity contribution in [1.82, 2.24) is 0 Å². The number of nitrogens with two attached hydrogens (primary N) is 1. The fraction of sp³-hybridized carbons (Fsp3) is 0.462. The number of anilines is 1. The molecule has 0 fully saturated rings. The van der Waals surface area contributed by atoms with Gasteiger partial charge in [-0.05, 0) is 25.0 Å². The van der Waals surface area contributed by atoms with Gasteiger partial charge in [0.05, 0.1) is 10.6 Å². The zero-order chi connectivity index (χ0) is 13.0. The van der Waals surface area contributed by atoms with Crippen molar-refractivity contribution in [2.75, 3.05) is 5.32 Å². The van der Waals surface area contributed by atoms with Crippen LogP contribution in [0.2, 0.25) is 5.02 Å². The SMILES string of the molecule is CCC(C)C(C)Nc1cccc(Cl)c1C(N)=S. The molecular formula is C13H19ClN2S. The van der Waals surface area contributed by atoms with Gasteiger partial charge in [-0.25, -0.2) is 0 Å². The highest BCUT2D eigenvalue weighted by molar-refractivity contribution is 7.80. The third kappa shape index (κ3) is 3.58. The van der Waals surface area contributed by atoms with Crippen molar-refractivity contribution in [2.45, 2.75) is 33.2 Å². The predicted molar refractivity (Wildman–Crippen MR) is 79.9 cm³/mol. The molecule has 0 bridgehead atoms. The van der Waals surface area contributed by atoms with Crippen LogP contribution in [0, 0.1) is 5.92 Å². The van der Waals surface area contributed by atoms with Crippen LogP contribution in [0.5, 0.6) is 0 Å². The molecule has 0 aliphatic rings. The minimum atomic E-state index is 0.328. The minimum absolute atomic E-state index is 0.328. The van der Waals surface area contributed by atoms with Crippen molar-refractivity contribution in [1.29, 1.82) is 0 Å². The molecule has 2 unspecified atom stereocenters. The molecule has 0 aliphatic carbocycles. The molecule has 3 N–H and O–H groups in total. The van der Waals surface area contributed by atoms with E-state index in [9.17, 15) is 0 Å². The molecule has 0 radical (unpaired) electrons. The number of halogens is 1. The maximum absolute atomic E-state index is 6.11. The lowest BCUT2D eigenvalue weighted by Crippen LogP contribution is -2.25. The van der Waals surface area contributed by atoms with E-state index in [1.165, 1.54) is 0 Å². The summed E-state index contributed by atoms with van der Waals surface area (Å²) in [5, 5.41) is 4.03. The van der Waals surface area contributed by atoms with Crippen molar-refractivity contribution < 1.29 is 0 Å². The number of hydrogen-bond acceptors (Lipinski definition) is 2. The van der Waals surface area contributed by atoms with E-state index < -0.39 is 0 Å². The zero-order valence-corrected chi connectivity index (χ0v) is 12.0. The van der Waals surface area contributed by atoms with Crippen molar-refractivity contribution in [3.63, 3.8) is 0 Å². The highest BCUT2D eigenvalue weighted by atomic mass is 35.5. The van der Waals surface area contributed by atoms with Crippen LogP contribution < -0.4 is 11.1 Å². The first-order chi connectivity index (χ1) is 7.97. The third-order valence-electron chi connectivity index (χ3n) is 3.14. The Morgan fingerprint density at radius 3 is 2.65 bits per heavy atom. The lowest BCUT2D eigenvalue weighted by Gasteiger charge is -2.23. The summed E-state index contributed by atoms with van der Waals surface area (Å²) in [4.78, 5) is 0.328. The van der Waals surface area contributed by atoms with Crippen LogP contribution in [0.25, 0.3) is 0 Å². The van der Waals surface area contributed by atoms with Crippen LogP contribution in [0.15, 0.2) is 18.2 Å². The molecule has 2 atom stereocenters. The van der Waals surface area contributed by atoms with Gasteiger partial charge in [0.25, 0.3) is 0 Å². The summed E-state index contributed by atoms with van der Waals surface area (Å²) >= 11 is 11.2. The van der Waals surface area contributed by atoms with E-state index >= 15 is 0 Å². The molecule has 94 valence electrons. The quantitative estimate of drug-likeness (QED) is 0.799. The lowest BCUT2D eigenvalue weighted by atomic mass is 10.00. The van der Waals surface area contributed by atoms with Gasteiger partial charge >= 0.3 is 0 Å². The van der Waals surface area contributed by atoms with Crippen molar-refractivity contribution in [3.8, 4) is 0 Å². The molecule has 1 rings (SSSR count). The van der Waals surface area contributed by atoms with Crippen molar-refractivity contribution in [3.05, 3.63) is 28.8 Å². The summed E-state index contributed by atoms with van der Waals surface area (Å²) in [5.74, 6) is 0.577. The van der Waals surface area contributed by atoms with Gasteiger partial charge in [-0.3, -0.25) is 0 Å². The molecule has 17 heavy (non-hydrogen) atoms. The summed E-state index contributed by atoms with van der Waals surface area (Å²) in [6.07, 6.45) is 1.12. The minimum Gasteiger partial charge on any atom is -0.389 e. The topological polar surface area (TPSA) is 38.0 Å².